The summed E-state index contributed by atoms with van der Waals surface area (Å²) in [6.45, 7) is 7.30. The molecule has 0 amide bonds. The second-order valence-electron chi connectivity index (χ2n) is 4.79. The molecule has 0 spiro atoms. The van der Waals surface area contributed by atoms with Gasteiger partial charge in [0, 0.05) is 18.6 Å². The lowest BCUT2D eigenvalue weighted by Gasteiger charge is -2.29. The summed E-state index contributed by atoms with van der Waals surface area (Å²) in [5.74, 6) is 1.53. The summed E-state index contributed by atoms with van der Waals surface area (Å²) in [5.41, 5.74) is 0. The van der Waals surface area contributed by atoms with E-state index in [2.05, 4.69) is 34.0 Å². The molecule has 4 nitrogen and oxygen atoms in total. The number of nitrogens with zero attached hydrogens (tertiary/aromatic N) is 3. The van der Waals surface area contributed by atoms with Crippen LogP contribution in [0, 0.1) is 0 Å². The van der Waals surface area contributed by atoms with Gasteiger partial charge >= 0.3 is 0 Å². The molecular weight excluding hydrogens is 248 g/mol. The molecular formula is C13H21ClN4. The lowest BCUT2D eigenvalue weighted by atomic mass is 10.1. The molecule has 0 aliphatic carbocycles. The van der Waals surface area contributed by atoms with Gasteiger partial charge in [0.25, 0.3) is 0 Å². The predicted octanol–water partition coefficient (Wildman–Crippen LogP) is 3.33. The molecule has 100 valence electrons. The fraction of sp³-hybridized carbons (Fsp3) is 0.692. The molecule has 1 saturated heterocycles. The SMILES string of the molecule is CCNc1ncc(Cl)c(N2C(C)CCC2CC)n1. The average molecular weight is 269 g/mol. The molecule has 0 aromatic carbocycles. The van der Waals surface area contributed by atoms with Gasteiger partial charge in [-0.25, -0.2) is 4.98 Å². The van der Waals surface area contributed by atoms with Crippen molar-refractivity contribution in [3.63, 3.8) is 0 Å². The standard InChI is InChI=1S/C13H21ClN4/c1-4-10-7-6-9(3)18(10)12-11(14)8-16-13(17-12)15-5-2/h8-10H,4-7H2,1-3H3,(H,15,16,17). The van der Waals surface area contributed by atoms with Crippen molar-refractivity contribution >= 4 is 23.4 Å². The van der Waals surface area contributed by atoms with E-state index < -0.39 is 0 Å². The first-order valence-corrected chi connectivity index (χ1v) is 7.09. The number of halogens is 1. The van der Waals surface area contributed by atoms with E-state index in [1.54, 1.807) is 6.20 Å². The van der Waals surface area contributed by atoms with Crippen LogP contribution < -0.4 is 10.2 Å². The van der Waals surface area contributed by atoms with Crippen LogP contribution in [-0.4, -0.2) is 28.6 Å². The quantitative estimate of drug-likeness (QED) is 0.909. The molecule has 1 aliphatic rings. The largest absolute Gasteiger partial charge is 0.354 e. The van der Waals surface area contributed by atoms with Gasteiger partial charge in [-0.2, -0.15) is 4.98 Å². The molecule has 5 heteroatoms. The zero-order valence-electron chi connectivity index (χ0n) is 11.3. The van der Waals surface area contributed by atoms with Crippen molar-refractivity contribution in [3.05, 3.63) is 11.2 Å². The van der Waals surface area contributed by atoms with E-state index in [0.29, 0.717) is 23.1 Å². The maximum atomic E-state index is 6.27. The van der Waals surface area contributed by atoms with Gasteiger partial charge in [0.2, 0.25) is 5.95 Å². The van der Waals surface area contributed by atoms with E-state index in [9.17, 15) is 0 Å². The van der Waals surface area contributed by atoms with Crippen LogP contribution in [0.1, 0.15) is 40.0 Å². The van der Waals surface area contributed by atoms with Gasteiger partial charge < -0.3 is 10.2 Å². The topological polar surface area (TPSA) is 41.1 Å². The van der Waals surface area contributed by atoms with Gasteiger partial charge in [-0.15, -0.1) is 0 Å². The number of hydrogen-bond acceptors (Lipinski definition) is 4. The molecule has 18 heavy (non-hydrogen) atoms. The van der Waals surface area contributed by atoms with Gasteiger partial charge in [0.1, 0.15) is 5.02 Å². The molecule has 2 atom stereocenters. The summed E-state index contributed by atoms with van der Waals surface area (Å²) in [6.07, 6.45) is 5.24. The molecule has 1 aromatic heterocycles. The molecule has 1 fully saturated rings. The third-order valence-electron chi connectivity index (χ3n) is 3.56. The van der Waals surface area contributed by atoms with E-state index in [4.69, 9.17) is 11.6 Å². The molecule has 0 radical (unpaired) electrons. The molecule has 1 N–H and O–H groups in total. The summed E-state index contributed by atoms with van der Waals surface area (Å²) >= 11 is 6.27. The second-order valence-corrected chi connectivity index (χ2v) is 5.20. The van der Waals surface area contributed by atoms with E-state index in [-0.39, 0.29) is 0 Å². The minimum absolute atomic E-state index is 0.497. The summed E-state index contributed by atoms with van der Waals surface area (Å²) < 4.78 is 0. The van der Waals surface area contributed by atoms with Gasteiger partial charge in [0.15, 0.2) is 5.82 Å². The maximum Gasteiger partial charge on any atom is 0.224 e. The van der Waals surface area contributed by atoms with Crippen molar-refractivity contribution in [2.45, 2.75) is 52.1 Å². The maximum absolute atomic E-state index is 6.27. The van der Waals surface area contributed by atoms with E-state index >= 15 is 0 Å². The average Bonchev–Trinajstić information content (AvgIpc) is 2.73. The summed E-state index contributed by atoms with van der Waals surface area (Å²) in [6, 6.07) is 1.04. The normalized spacial score (nSPS) is 23.4. The third-order valence-corrected chi connectivity index (χ3v) is 3.83. The summed E-state index contributed by atoms with van der Waals surface area (Å²) in [4.78, 5) is 11.1. The molecule has 2 unspecified atom stereocenters. The van der Waals surface area contributed by atoms with Crippen molar-refractivity contribution in [1.29, 1.82) is 0 Å². The molecule has 0 bridgehead atoms. The fourth-order valence-corrected chi connectivity index (χ4v) is 2.83. The summed E-state index contributed by atoms with van der Waals surface area (Å²) in [7, 11) is 0. The molecule has 2 heterocycles. The number of hydrogen-bond donors (Lipinski definition) is 1. The second kappa shape index (κ2) is 5.74. The van der Waals surface area contributed by atoms with Crippen molar-refractivity contribution in [2.75, 3.05) is 16.8 Å². The highest BCUT2D eigenvalue weighted by molar-refractivity contribution is 6.32. The van der Waals surface area contributed by atoms with E-state index in [1.165, 1.54) is 12.8 Å². The smallest absolute Gasteiger partial charge is 0.224 e. The zero-order chi connectivity index (χ0) is 13.1. The van der Waals surface area contributed by atoms with E-state index in [1.807, 2.05) is 6.92 Å². The van der Waals surface area contributed by atoms with Gasteiger partial charge in [-0.3, -0.25) is 0 Å². The Morgan fingerprint density at radius 1 is 1.44 bits per heavy atom. The Balaban J connectivity index is 2.33. The van der Waals surface area contributed by atoms with Crippen molar-refractivity contribution in [2.24, 2.45) is 0 Å². The number of rotatable bonds is 4. The van der Waals surface area contributed by atoms with Crippen LogP contribution in [-0.2, 0) is 0 Å². The fourth-order valence-electron chi connectivity index (χ4n) is 2.64. The number of nitrogens with one attached hydrogen (secondary N) is 1. The first-order chi connectivity index (χ1) is 8.67. The monoisotopic (exact) mass is 268 g/mol. The van der Waals surface area contributed by atoms with Crippen LogP contribution >= 0.6 is 11.6 Å². The number of aromatic nitrogens is 2. The molecule has 1 aliphatic heterocycles. The van der Waals surface area contributed by atoms with Crippen molar-refractivity contribution in [3.8, 4) is 0 Å². The Morgan fingerprint density at radius 2 is 2.22 bits per heavy atom. The third kappa shape index (κ3) is 2.53. The van der Waals surface area contributed by atoms with Gasteiger partial charge in [0.05, 0.1) is 6.20 Å². The first-order valence-electron chi connectivity index (χ1n) is 6.72. The molecule has 2 rings (SSSR count). The Bertz CT molecular complexity index is 410. The van der Waals surface area contributed by atoms with Crippen molar-refractivity contribution in [1.82, 2.24) is 9.97 Å². The minimum Gasteiger partial charge on any atom is -0.354 e. The predicted molar refractivity (Wildman–Crippen MR) is 76.5 cm³/mol. The Morgan fingerprint density at radius 3 is 2.89 bits per heavy atom. The highest BCUT2D eigenvalue weighted by atomic mass is 35.5. The Hall–Kier alpha value is -1.03. The van der Waals surface area contributed by atoms with Crippen LogP contribution in [0.5, 0.6) is 0 Å². The van der Waals surface area contributed by atoms with Gasteiger partial charge in [-0.05, 0) is 33.1 Å². The minimum atomic E-state index is 0.497. The Kier molecular flexibility index (Phi) is 4.27. The van der Waals surface area contributed by atoms with Crippen LogP contribution in [0.4, 0.5) is 11.8 Å². The van der Waals surface area contributed by atoms with Crippen LogP contribution in [0.3, 0.4) is 0 Å². The first kappa shape index (κ1) is 13.4. The van der Waals surface area contributed by atoms with Crippen LogP contribution in [0.25, 0.3) is 0 Å². The molecule has 1 aromatic rings. The van der Waals surface area contributed by atoms with Crippen LogP contribution in [0.15, 0.2) is 6.20 Å². The van der Waals surface area contributed by atoms with Gasteiger partial charge in [-0.1, -0.05) is 18.5 Å². The van der Waals surface area contributed by atoms with E-state index in [0.717, 1.165) is 18.8 Å². The zero-order valence-corrected chi connectivity index (χ0v) is 12.0. The molecule has 0 saturated carbocycles. The highest BCUT2D eigenvalue weighted by Gasteiger charge is 2.31. The van der Waals surface area contributed by atoms with Crippen molar-refractivity contribution < 1.29 is 0 Å². The Labute approximate surface area is 114 Å². The lowest BCUT2D eigenvalue weighted by Crippen LogP contribution is -2.35. The summed E-state index contributed by atoms with van der Waals surface area (Å²) in [5, 5.41) is 3.78. The number of anilines is 2. The highest BCUT2D eigenvalue weighted by Crippen LogP contribution is 2.35. The lowest BCUT2D eigenvalue weighted by molar-refractivity contribution is 0.621. The van der Waals surface area contributed by atoms with Crippen LogP contribution in [0.2, 0.25) is 5.02 Å².